The number of hydrogen-bond donors (Lipinski definition) is 2. The Morgan fingerprint density at radius 2 is 2.27 bits per heavy atom. The molecule has 0 bridgehead atoms. The van der Waals surface area contributed by atoms with Crippen LogP contribution < -0.4 is 5.73 Å². The minimum absolute atomic E-state index is 0.150. The molecule has 134 valence electrons. The molecule has 2 aliphatic rings. The zero-order valence-corrected chi connectivity index (χ0v) is 15.8. The Morgan fingerprint density at radius 1 is 1.38 bits per heavy atom. The number of nitrogens with zero attached hydrogens (tertiary/aromatic N) is 2. The molecule has 0 spiro atoms. The van der Waals surface area contributed by atoms with Gasteiger partial charge in [-0.05, 0) is 37.5 Å². The summed E-state index contributed by atoms with van der Waals surface area (Å²) in [4.78, 5) is 24.4. The number of amides is 1. The summed E-state index contributed by atoms with van der Waals surface area (Å²) in [6.07, 6.45) is 3.70. The molecule has 1 atom stereocenters. The zero-order valence-electron chi connectivity index (χ0n) is 14.2. The number of rotatable bonds is 1. The molecule has 2 aromatic heterocycles. The van der Waals surface area contributed by atoms with Gasteiger partial charge in [-0.2, -0.15) is 0 Å². The number of H-pyrrole nitrogens is 1. The fourth-order valence-corrected chi connectivity index (χ4v) is 5.38. The molecule has 1 aliphatic carbocycles. The topological polar surface area (TPSA) is 75.0 Å². The van der Waals surface area contributed by atoms with Gasteiger partial charge >= 0.3 is 0 Å². The Labute approximate surface area is 160 Å². The van der Waals surface area contributed by atoms with Gasteiger partial charge in [0.2, 0.25) is 5.91 Å². The number of aromatic amines is 1. The molecule has 0 fully saturated rings. The Morgan fingerprint density at radius 3 is 3.15 bits per heavy atom. The van der Waals surface area contributed by atoms with Crippen LogP contribution in [0.3, 0.4) is 0 Å². The van der Waals surface area contributed by atoms with Crippen molar-refractivity contribution >= 4 is 44.9 Å². The van der Waals surface area contributed by atoms with Crippen LogP contribution in [0.15, 0.2) is 18.2 Å². The second-order valence-electron chi connectivity index (χ2n) is 7.09. The van der Waals surface area contributed by atoms with E-state index in [1.54, 1.807) is 0 Å². The van der Waals surface area contributed by atoms with Crippen molar-refractivity contribution in [2.45, 2.75) is 38.1 Å². The van der Waals surface area contributed by atoms with Crippen LogP contribution in [0.5, 0.6) is 0 Å². The highest BCUT2D eigenvalue weighted by Gasteiger charge is 2.34. The van der Waals surface area contributed by atoms with Crippen molar-refractivity contribution in [2.24, 2.45) is 0 Å². The molecule has 26 heavy (non-hydrogen) atoms. The maximum Gasteiger partial charge on any atom is 0.232 e. The maximum atomic E-state index is 13.3. The number of nitrogen functional groups attached to an aromatic ring is 1. The van der Waals surface area contributed by atoms with Crippen molar-refractivity contribution in [2.75, 3.05) is 12.3 Å². The zero-order chi connectivity index (χ0) is 17.8. The van der Waals surface area contributed by atoms with Crippen LogP contribution in [0.1, 0.15) is 40.6 Å². The summed E-state index contributed by atoms with van der Waals surface area (Å²) in [6, 6.07) is 5.89. The van der Waals surface area contributed by atoms with Crippen LogP contribution in [0.25, 0.3) is 10.9 Å². The first-order valence-corrected chi connectivity index (χ1v) is 10.1. The lowest BCUT2D eigenvalue weighted by Gasteiger charge is -2.31. The summed E-state index contributed by atoms with van der Waals surface area (Å²) >= 11 is 7.71. The van der Waals surface area contributed by atoms with Gasteiger partial charge in [-0.1, -0.05) is 11.6 Å². The van der Waals surface area contributed by atoms with E-state index < -0.39 is 0 Å². The first-order chi connectivity index (χ1) is 12.6. The van der Waals surface area contributed by atoms with E-state index in [0.717, 1.165) is 53.8 Å². The second kappa shape index (κ2) is 5.99. The molecular weight excluding hydrogens is 368 g/mol. The number of anilines is 1. The van der Waals surface area contributed by atoms with E-state index in [0.29, 0.717) is 11.7 Å². The van der Waals surface area contributed by atoms with E-state index in [9.17, 15) is 4.79 Å². The van der Waals surface area contributed by atoms with Crippen LogP contribution in [0, 0.1) is 0 Å². The smallest absolute Gasteiger partial charge is 0.232 e. The molecule has 1 amide bonds. The molecule has 3 N–H and O–H groups in total. The number of carbonyl (C=O) groups excluding carboxylic acids is 1. The third-order valence-electron chi connectivity index (χ3n) is 5.52. The average Bonchev–Trinajstić information content (AvgIpc) is 3.19. The van der Waals surface area contributed by atoms with Gasteiger partial charge in [-0.25, -0.2) is 4.98 Å². The Kier molecular flexibility index (Phi) is 3.72. The molecule has 5 nitrogen and oxygen atoms in total. The lowest BCUT2D eigenvalue weighted by Crippen LogP contribution is -2.39. The van der Waals surface area contributed by atoms with Gasteiger partial charge in [0.05, 0.1) is 11.6 Å². The van der Waals surface area contributed by atoms with Crippen molar-refractivity contribution in [3.8, 4) is 0 Å². The van der Waals surface area contributed by atoms with Crippen LogP contribution in [-0.4, -0.2) is 27.3 Å². The summed E-state index contributed by atoms with van der Waals surface area (Å²) in [7, 11) is 0. The predicted octanol–water partition coefficient (Wildman–Crippen LogP) is 3.86. The molecule has 3 aromatic rings. The molecule has 0 saturated carbocycles. The molecule has 1 aliphatic heterocycles. The predicted molar refractivity (Wildman–Crippen MR) is 105 cm³/mol. The van der Waals surface area contributed by atoms with E-state index >= 15 is 0 Å². The van der Waals surface area contributed by atoms with Gasteiger partial charge in [-0.15, -0.1) is 11.3 Å². The lowest BCUT2D eigenvalue weighted by atomic mass is 9.89. The summed E-state index contributed by atoms with van der Waals surface area (Å²) in [6.45, 7) is 1.36. The number of thiazole rings is 1. The van der Waals surface area contributed by atoms with Crippen molar-refractivity contribution in [3.05, 3.63) is 45.1 Å². The highest BCUT2D eigenvalue weighted by molar-refractivity contribution is 7.15. The summed E-state index contributed by atoms with van der Waals surface area (Å²) in [5, 5.41) is 2.41. The number of halogens is 1. The molecule has 1 unspecified atom stereocenters. The number of benzene rings is 1. The third kappa shape index (κ3) is 2.51. The molecule has 0 radical (unpaired) electrons. The minimum Gasteiger partial charge on any atom is -0.375 e. The Balaban J connectivity index is 1.47. The quantitative estimate of drug-likeness (QED) is 0.666. The third-order valence-corrected chi connectivity index (χ3v) is 6.71. The van der Waals surface area contributed by atoms with Crippen molar-refractivity contribution in [1.82, 2.24) is 14.9 Å². The SMILES string of the molecule is Nc1nc2c(s1)CCCC2C(=O)N1CCc2[nH]c3ccc(Cl)cc3c2C1. The highest BCUT2D eigenvalue weighted by Crippen LogP contribution is 2.38. The Hall–Kier alpha value is -2.05. The van der Waals surface area contributed by atoms with E-state index in [1.807, 2.05) is 23.1 Å². The first kappa shape index (κ1) is 16.1. The van der Waals surface area contributed by atoms with Crippen LogP contribution in [0.2, 0.25) is 5.02 Å². The van der Waals surface area contributed by atoms with Crippen molar-refractivity contribution in [1.29, 1.82) is 0 Å². The lowest BCUT2D eigenvalue weighted by molar-refractivity contribution is -0.134. The van der Waals surface area contributed by atoms with Crippen LogP contribution >= 0.6 is 22.9 Å². The molecular formula is C19H19ClN4OS. The van der Waals surface area contributed by atoms with Crippen LogP contribution in [-0.2, 0) is 24.2 Å². The minimum atomic E-state index is -0.150. The van der Waals surface area contributed by atoms with E-state index in [-0.39, 0.29) is 11.8 Å². The number of carbonyl (C=O) groups is 1. The van der Waals surface area contributed by atoms with Gasteiger partial charge in [-0.3, -0.25) is 4.79 Å². The number of aromatic nitrogens is 2. The molecule has 5 rings (SSSR count). The fraction of sp³-hybridized carbons (Fsp3) is 0.368. The Bertz CT molecular complexity index is 1020. The molecule has 3 heterocycles. The number of fused-ring (bicyclic) bond motifs is 4. The van der Waals surface area contributed by atoms with Crippen molar-refractivity contribution < 1.29 is 4.79 Å². The fourth-order valence-electron chi connectivity index (χ4n) is 4.27. The summed E-state index contributed by atoms with van der Waals surface area (Å²) < 4.78 is 0. The highest BCUT2D eigenvalue weighted by atomic mass is 35.5. The molecule has 1 aromatic carbocycles. The van der Waals surface area contributed by atoms with Crippen LogP contribution in [0.4, 0.5) is 5.13 Å². The number of nitrogens with one attached hydrogen (secondary N) is 1. The van der Waals surface area contributed by atoms with Crippen molar-refractivity contribution in [3.63, 3.8) is 0 Å². The van der Waals surface area contributed by atoms with E-state index in [2.05, 4.69) is 9.97 Å². The van der Waals surface area contributed by atoms with E-state index in [4.69, 9.17) is 17.3 Å². The maximum absolute atomic E-state index is 13.3. The van der Waals surface area contributed by atoms with Gasteiger partial charge < -0.3 is 15.6 Å². The first-order valence-electron chi connectivity index (χ1n) is 8.93. The monoisotopic (exact) mass is 386 g/mol. The van der Waals surface area contributed by atoms with Gasteiger partial charge in [0.15, 0.2) is 5.13 Å². The largest absolute Gasteiger partial charge is 0.375 e. The average molecular weight is 387 g/mol. The number of hydrogen-bond acceptors (Lipinski definition) is 4. The van der Waals surface area contributed by atoms with Gasteiger partial charge in [0.25, 0.3) is 0 Å². The summed E-state index contributed by atoms with van der Waals surface area (Å²) in [5.41, 5.74) is 10.3. The van der Waals surface area contributed by atoms with Gasteiger partial charge in [0.1, 0.15) is 0 Å². The van der Waals surface area contributed by atoms with E-state index in [1.165, 1.54) is 27.5 Å². The number of nitrogens with two attached hydrogens (primary N) is 1. The molecule has 0 saturated heterocycles. The second-order valence-corrected chi connectivity index (χ2v) is 8.64. The van der Waals surface area contributed by atoms with Gasteiger partial charge in [0, 0.05) is 51.6 Å². The molecule has 7 heteroatoms. The summed E-state index contributed by atoms with van der Waals surface area (Å²) in [5.74, 6) is 0.0286. The standard InChI is InChI=1S/C19H19ClN4OS/c20-10-4-5-14-12(8-10)13-9-24(7-6-15(13)22-14)18(25)11-2-1-3-16-17(11)23-19(21)26-16/h4-5,8,11,22H,1-3,6-7,9H2,(H2,21,23). The number of aryl methyl sites for hydroxylation is 1. The normalized spacial score (nSPS) is 19.4.